The number of hydrogen-bond acceptors (Lipinski definition) is 6. The number of likely N-dealkylation sites (N-methyl/N-ethyl adjacent to an activating group) is 1. The first-order valence-electron chi connectivity index (χ1n) is 12.2. The number of rotatable bonds is 7. The summed E-state index contributed by atoms with van der Waals surface area (Å²) in [5, 5.41) is 8.42. The zero-order valence-electron chi connectivity index (χ0n) is 20.4. The molecule has 2 aliphatic rings. The minimum Gasteiger partial charge on any atom is -0.482 e. The first-order chi connectivity index (χ1) is 17.9. The Morgan fingerprint density at radius 1 is 1.05 bits per heavy atom. The van der Waals surface area contributed by atoms with Gasteiger partial charge in [0.1, 0.15) is 12.3 Å². The number of carbonyl (C=O) groups is 2. The van der Waals surface area contributed by atoms with Gasteiger partial charge in [-0.05, 0) is 49.2 Å². The second-order valence-electron chi connectivity index (χ2n) is 9.28. The first-order valence-corrected chi connectivity index (χ1v) is 12.9. The molecular weight excluding hydrogens is 513 g/mol. The Morgan fingerprint density at radius 3 is 2.49 bits per heavy atom. The van der Waals surface area contributed by atoms with Crippen LogP contribution >= 0.6 is 23.2 Å². The van der Waals surface area contributed by atoms with Gasteiger partial charge in [-0.3, -0.25) is 14.5 Å². The molecule has 192 valence electrons. The Balaban J connectivity index is 1.39. The normalized spacial score (nSPS) is 16.3. The van der Waals surface area contributed by atoms with E-state index in [0.29, 0.717) is 28.0 Å². The highest BCUT2D eigenvalue weighted by molar-refractivity contribution is 6.42. The van der Waals surface area contributed by atoms with Gasteiger partial charge >= 0.3 is 0 Å². The molecule has 3 heterocycles. The van der Waals surface area contributed by atoms with Crippen LogP contribution in [0.2, 0.25) is 10.0 Å². The molecule has 2 amide bonds. The number of benzene rings is 2. The second kappa shape index (κ2) is 11.0. The molecule has 5 rings (SSSR count). The van der Waals surface area contributed by atoms with E-state index in [1.165, 1.54) is 4.90 Å². The van der Waals surface area contributed by atoms with Crippen molar-refractivity contribution in [1.82, 2.24) is 20.0 Å². The van der Waals surface area contributed by atoms with Crippen molar-refractivity contribution in [2.24, 2.45) is 0 Å². The van der Waals surface area contributed by atoms with Crippen molar-refractivity contribution in [2.75, 3.05) is 44.7 Å². The number of amides is 2. The van der Waals surface area contributed by atoms with Crippen LogP contribution in [0.3, 0.4) is 0 Å². The molecule has 3 aromatic rings. The van der Waals surface area contributed by atoms with E-state index in [1.807, 2.05) is 18.2 Å². The van der Waals surface area contributed by atoms with Gasteiger partial charge in [0.2, 0.25) is 5.91 Å². The van der Waals surface area contributed by atoms with Crippen LogP contribution in [0.1, 0.15) is 24.4 Å². The van der Waals surface area contributed by atoms with Gasteiger partial charge in [0, 0.05) is 25.2 Å². The lowest BCUT2D eigenvalue weighted by molar-refractivity contribution is -0.133. The number of hydrogen-bond donors (Lipinski definition) is 0. The van der Waals surface area contributed by atoms with Crippen LogP contribution in [0, 0.1) is 0 Å². The van der Waals surface area contributed by atoms with Crippen LogP contribution < -0.4 is 9.64 Å². The largest absolute Gasteiger partial charge is 0.482 e. The van der Waals surface area contributed by atoms with E-state index in [2.05, 4.69) is 27.2 Å². The first kappa shape index (κ1) is 25.4. The topological polar surface area (TPSA) is 78.9 Å². The van der Waals surface area contributed by atoms with Gasteiger partial charge in [0.05, 0.1) is 34.2 Å². The van der Waals surface area contributed by atoms with Crippen LogP contribution in [-0.2, 0) is 9.59 Å². The van der Waals surface area contributed by atoms with Crippen LogP contribution in [0.4, 0.5) is 5.69 Å². The Morgan fingerprint density at radius 2 is 1.78 bits per heavy atom. The highest BCUT2D eigenvalue weighted by Crippen LogP contribution is 2.39. The molecule has 2 aliphatic heterocycles. The highest BCUT2D eigenvalue weighted by atomic mass is 35.5. The predicted molar refractivity (Wildman–Crippen MR) is 143 cm³/mol. The highest BCUT2D eigenvalue weighted by Gasteiger charge is 2.32. The summed E-state index contributed by atoms with van der Waals surface area (Å²) < 4.78 is 5.52. The van der Waals surface area contributed by atoms with E-state index >= 15 is 0 Å². The van der Waals surface area contributed by atoms with Crippen LogP contribution in [0.25, 0.3) is 11.1 Å². The van der Waals surface area contributed by atoms with Gasteiger partial charge in [-0.2, -0.15) is 10.2 Å². The molecule has 0 N–H and O–H groups in total. The molecule has 0 spiro atoms. The summed E-state index contributed by atoms with van der Waals surface area (Å²) in [6.45, 7) is 2.45. The number of carbonyl (C=O) groups excluding carboxylic acids is 2. The summed E-state index contributed by atoms with van der Waals surface area (Å²) in [7, 11) is 1.80. The molecular formula is C27H27Cl2N5O3. The number of nitrogens with zero attached hydrogens (tertiary/aromatic N) is 5. The molecule has 0 bridgehead atoms. The van der Waals surface area contributed by atoms with Gasteiger partial charge in [-0.1, -0.05) is 47.5 Å². The molecule has 0 radical (unpaired) electrons. The molecule has 2 aromatic carbocycles. The molecule has 10 heteroatoms. The van der Waals surface area contributed by atoms with Crippen molar-refractivity contribution in [3.8, 4) is 16.9 Å². The van der Waals surface area contributed by atoms with E-state index in [4.69, 9.17) is 27.9 Å². The Labute approximate surface area is 225 Å². The lowest BCUT2D eigenvalue weighted by Crippen LogP contribution is -2.47. The molecule has 1 aromatic heterocycles. The zero-order chi connectivity index (χ0) is 25.9. The second-order valence-corrected chi connectivity index (χ2v) is 10.1. The molecule has 0 aliphatic carbocycles. The van der Waals surface area contributed by atoms with Crippen LogP contribution in [0.15, 0.2) is 54.9 Å². The summed E-state index contributed by atoms with van der Waals surface area (Å²) in [5.74, 6) is -0.0582. The summed E-state index contributed by atoms with van der Waals surface area (Å²) in [6.07, 6.45) is 5.70. The fourth-order valence-corrected chi connectivity index (χ4v) is 5.12. The smallest absolute Gasteiger partial charge is 0.265 e. The number of ether oxygens (including phenoxy) is 1. The van der Waals surface area contributed by atoms with Crippen molar-refractivity contribution in [3.05, 3.63) is 70.5 Å². The lowest BCUT2D eigenvalue weighted by Gasteiger charge is -2.35. The average Bonchev–Trinajstić information content (AvgIpc) is 3.44. The Bertz CT molecular complexity index is 1280. The lowest BCUT2D eigenvalue weighted by atomic mass is 10.0. The Kier molecular flexibility index (Phi) is 7.60. The number of halogens is 2. The number of aromatic nitrogens is 2. The van der Waals surface area contributed by atoms with Gasteiger partial charge in [0.25, 0.3) is 5.91 Å². The molecule has 1 unspecified atom stereocenters. The standard InChI is InChI=1S/C27H27Cl2N5O3/c1-32(26(35)16-34-23-12-21(28)22(29)13-25(23)37-17-27(34)36)24(15-33-10-2-3-11-33)19-6-4-18(5-7-19)20-8-9-30-31-14-20/h4-9,12-14,24H,2-3,10-11,15-17H2,1H3. The Hall–Kier alpha value is -3.20. The van der Waals surface area contributed by atoms with E-state index in [1.54, 1.807) is 36.5 Å². The fourth-order valence-electron chi connectivity index (χ4n) is 4.81. The zero-order valence-corrected chi connectivity index (χ0v) is 22.0. The van der Waals surface area contributed by atoms with Gasteiger partial charge in [-0.25, -0.2) is 0 Å². The van der Waals surface area contributed by atoms with Gasteiger partial charge in [0.15, 0.2) is 6.61 Å². The third-order valence-corrected chi connectivity index (χ3v) is 7.66. The molecule has 1 saturated heterocycles. The van der Waals surface area contributed by atoms with Crippen molar-refractivity contribution in [1.29, 1.82) is 0 Å². The van der Waals surface area contributed by atoms with Crippen molar-refractivity contribution < 1.29 is 14.3 Å². The molecule has 37 heavy (non-hydrogen) atoms. The van der Waals surface area contributed by atoms with Gasteiger partial charge < -0.3 is 14.5 Å². The summed E-state index contributed by atoms with van der Waals surface area (Å²) in [4.78, 5) is 31.9. The van der Waals surface area contributed by atoms with Crippen molar-refractivity contribution in [3.63, 3.8) is 0 Å². The minimum atomic E-state index is -0.306. The minimum absolute atomic E-state index is 0.124. The number of likely N-dealkylation sites (tertiary alicyclic amines) is 1. The van der Waals surface area contributed by atoms with Crippen molar-refractivity contribution in [2.45, 2.75) is 18.9 Å². The summed E-state index contributed by atoms with van der Waals surface area (Å²) in [6, 6.07) is 13.1. The van der Waals surface area contributed by atoms with E-state index in [-0.39, 0.29) is 31.0 Å². The van der Waals surface area contributed by atoms with E-state index in [9.17, 15) is 9.59 Å². The van der Waals surface area contributed by atoms with Crippen LogP contribution in [-0.4, -0.2) is 71.6 Å². The third-order valence-electron chi connectivity index (χ3n) is 6.94. The molecule has 1 fully saturated rings. The fraction of sp³-hybridized carbons (Fsp3) is 0.333. The van der Waals surface area contributed by atoms with E-state index in [0.717, 1.165) is 42.6 Å². The monoisotopic (exact) mass is 539 g/mol. The molecule has 0 saturated carbocycles. The number of anilines is 1. The maximum absolute atomic E-state index is 13.6. The van der Waals surface area contributed by atoms with Crippen LogP contribution in [0.5, 0.6) is 5.75 Å². The summed E-state index contributed by atoms with van der Waals surface area (Å²) in [5.41, 5.74) is 3.47. The molecule has 1 atom stereocenters. The maximum Gasteiger partial charge on any atom is 0.265 e. The predicted octanol–water partition coefficient (Wildman–Crippen LogP) is 4.47. The SMILES string of the molecule is CN(C(=O)CN1C(=O)COc2cc(Cl)c(Cl)cc21)C(CN1CCCC1)c1ccc(-c2ccnnc2)cc1. The van der Waals surface area contributed by atoms with Crippen molar-refractivity contribution >= 4 is 40.7 Å². The van der Waals surface area contributed by atoms with E-state index < -0.39 is 0 Å². The number of fused-ring (bicyclic) bond motifs is 1. The third kappa shape index (κ3) is 5.56. The molecule has 8 nitrogen and oxygen atoms in total. The van der Waals surface area contributed by atoms with Gasteiger partial charge in [-0.15, -0.1) is 0 Å². The average molecular weight is 540 g/mol. The maximum atomic E-state index is 13.6. The quantitative estimate of drug-likeness (QED) is 0.440. The summed E-state index contributed by atoms with van der Waals surface area (Å²) >= 11 is 12.3.